The van der Waals surface area contributed by atoms with Gasteiger partial charge in [-0.3, -0.25) is 0 Å². The first kappa shape index (κ1) is 21.2. The van der Waals surface area contributed by atoms with E-state index in [4.69, 9.17) is 21.1 Å². The van der Waals surface area contributed by atoms with Crippen LogP contribution in [0, 0.1) is 5.41 Å². The number of carbonyl (C=O) groups is 2. The molecule has 1 saturated heterocycles. The van der Waals surface area contributed by atoms with Gasteiger partial charge >= 0.3 is 12.1 Å². The predicted molar refractivity (Wildman–Crippen MR) is 104 cm³/mol. The molecule has 1 aliphatic rings. The summed E-state index contributed by atoms with van der Waals surface area (Å²) in [6.07, 6.45) is -0.917. The molecule has 1 unspecified atom stereocenters. The molecule has 1 atom stereocenters. The Labute approximate surface area is 164 Å². The quantitative estimate of drug-likeness (QED) is 0.765. The molecule has 0 bridgehead atoms. The predicted octanol–water partition coefficient (Wildman–Crippen LogP) is 3.50. The molecule has 1 amide bonds. The van der Waals surface area contributed by atoms with Crippen molar-refractivity contribution in [3.05, 3.63) is 23.2 Å². The number of esters is 1. The maximum absolute atomic E-state index is 11.6. The number of carbonyl (C=O) groups excluding carboxylic acids is 1. The highest BCUT2D eigenvalue weighted by Gasteiger charge is 2.38. The molecular formula is C19H27ClN2O5. The van der Waals surface area contributed by atoms with E-state index < -0.39 is 12.1 Å². The lowest BCUT2D eigenvalue weighted by Crippen LogP contribution is -2.59. The highest BCUT2D eigenvalue weighted by Crippen LogP contribution is 2.36. The molecule has 0 spiro atoms. The standard InChI is InChI=1S/C19H27ClN2O5/c1-5-26-17(23)12-27-15-7-6-13(20)10-14(15)21-8-9-22(18(24)25)16(11-21)19(2,3)4/h6-7,10,16H,5,8-9,11-12H2,1-4H3,(H,24,25). The van der Waals surface area contributed by atoms with E-state index in [0.717, 1.165) is 5.69 Å². The summed E-state index contributed by atoms with van der Waals surface area (Å²) in [5.74, 6) is 0.0746. The second-order valence-electron chi connectivity index (χ2n) is 7.51. The fourth-order valence-corrected chi connectivity index (χ4v) is 3.34. The van der Waals surface area contributed by atoms with Crippen LogP contribution in [-0.2, 0) is 9.53 Å². The zero-order chi connectivity index (χ0) is 20.2. The topological polar surface area (TPSA) is 79.3 Å². The second kappa shape index (κ2) is 8.69. The average Bonchev–Trinajstić information content (AvgIpc) is 2.59. The molecule has 7 nitrogen and oxygen atoms in total. The molecule has 0 radical (unpaired) electrons. The number of piperazine rings is 1. The molecule has 1 aliphatic heterocycles. The highest BCUT2D eigenvalue weighted by molar-refractivity contribution is 6.30. The molecule has 1 aromatic carbocycles. The second-order valence-corrected chi connectivity index (χ2v) is 7.95. The minimum Gasteiger partial charge on any atom is -0.480 e. The van der Waals surface area contributed by atoms with Crippen LogP contribution in [0.2, 0.25) is 5.02 Å². The number of anilines is 1. The maximum Gasteiger partial charge on any atom is 0.407 e. The summed E-state index contributed by atoms with van der Waals surface area (Å²) >= 11 is 6.18. The fourth-order valence-electron chi connectivity index (χ4n) is 3.17. The van der Waals surface area contributed by atoms with Gasteiger partial charge in [-0.05, 0) is 30.5 Å². The van der Waals surface area contributed by atoms with Crippen molar-refractivity contribution in [3.8, 4) is 5.75 Å². The van der Waals surface area contributed by atoms with Crippen LogP contribution in [0.25, 0.3) is 0 Å². The Morgan fingerprint density at radius 1 is 1.30 bits per heavy atom. The van der Waals surface area contributed by atoms with E-state index in [2.05, 4.69) is 4.90 Å². The van der Waals surface area contributed by atoms with E-state index in [-0.39, 0.29) is 18.1 Å². The van der Waals surface area contributed by atoms with Gasteiger partial charge in [-0.1, -0.05) is 32.4 Å². The Morgan fingerprint density at radius 3 is 2.59 bits per heavy atom. The van der Waals surface area contributed by atoms with Gasteiger partial charge < -0.3 is 24.4 Å². The smallest absolute Gasteiger partial charge is 0.407 e. The van der Waals surface area contributed by atoms with Gasteiger partial charge in [0.1, 0.15) is 5.75 Å². The summed E-state index contributed by atoms with van der Waals surface area (Å²) in [6.45, 7) is 9.29. The molecule has 1 N–H and O–H groups in total. The van der Waals surface area contributed by atoms with E-state index in [0.29, 0.717) is 37.0 Å². The summed E-state index contributed by atoms with van der Waals surface area (Å²) in [5.41, 5.74) is 0.507. The number of ether oxygens (including phenoxy) is 2. The van der Waals surface area contributed by atoms with Crippen LogP contribution >= 0.6 is 11.6 Å². The summed E-state index contributed by atoms with van der Waals surface area (Å²) in [5, 5.41) is 10.1. The minimum atomic E-state index is -0.917. The molecular weight excluding hydrogens is 372 g/mol. The number of halogens is 1. The van der Waals surface area contributed by atoms with Crippen LogP contribution in [0.4, 0.5) is 10.5 Å². The molecule has 27 heavy (non-hydrogen) atoms. The van der Waals surface area contributed by atoms with Gasteiger partial charge in [-0.15, -0.1) is 0 Å². The minimum absolute atomic E-state index is 0.194. The summed E-state index contributed by atoms with van der Waals surface area (Å²) in [6, 6.07) is 4.99. The molecule has 8 heteroatoms. The van der Waals surface area contributed by atoms with Crippen LogP contribution in [0.5, 0.6) is 5.75 Å². The van der Waals surface area contributed by atoms with Gasteiger partial charge in [0, 0.05) is 24.7 Å². The van der Waals surface area contributed by atoms with E-state index in [1.807, 2.05) is 20.8 Å². The van der Waals surface area contributed by atoms with E-state index in [1.165, 1.54) is 4.90 Å². The highest BCUT2D eigenvalue weighted by atomic mass is 35.5. The van der Waals surface area contributed by atoms with Crippen molar-refractivity contribution < 1.29 is 24.2 Å². The van der Waals surface area contributed by atoms with Gasteiger partial charge in [0.2, 0.25) is 0 Å². The van der Waals surface area contributed by atoms with Crippen LogP contribution in [0.3, 0.4) is 0 Å². The first-order valence-electron chi connectivity index (χ1n) is 8.96. The third-order valence-electron chi connectivity index (χ3n) is 4.54. The average molecular weight is 399 g/mol. The maximum atomic E-state index is 11.6. The zero-order valence-electron chi connectivity index (χ0n) is 16.2. The fraction of sp³-hybridized carbons (Fsp3) is 0.579. The Balaban J connectivity index is 2.25. The third-order valence-corrected chi connectivity index (χ3v) is 4.77. The van der Waals surface area contributed by atoms with Crippen molar-refractivity contribution in [3.63, 3.8) is 0 Å². The van der Waals surface area contributed by atoms with E-state index in [1.54, 1.807) is 25.1 Å². The van der Waals surface area contributed by atoms with Crippen molar-refractivity contribution in [2.24, 2.45) is 5.41 Å². The van der Waals surface area contributed by atoms with Crippen LogP contribution in [0.15, 0.2) is 18.2 Å². The van der Waals surface area contributed by atoms with Gasteiger partial charge in [-0.25, -0.2) is 9.59 Å². The number of hydrogen-bond acceptors (Lipinski definition) is 5. The Hall–Kier alpha value is -2.15. The third kappa shape index (κ3) is 5.42. The first-order valence-corrected chi connectivity index (χ1v) is 9.33. The molecule has 0 saturated carbocycles. The number of hydrogen-bond donors (Lipinski definition) is 1. The van der Waals surface area contributed by atoms with Gasteiger partial charge in [0.25, 0.3) is 0 Å². The van der Waals surface area contributed by atoms with E-state index in [9.17, 15) is 14.7 Å². The molecule has 150 valence electrons. The van der Waals surface area contributed by atoms with Crippen molar-refractivity contribution >= 4 is 29.4 Å². The number of rotatable bonds is 5. The van der Waals surface area contributed by atoms with Crippen molar-refractivity contribution in [1.29, 1.82) is 0 Å². The molecule has 1 heterocycles. The van der Waals surface area contributed by atoms with Gasteiger partial charge in [-0.2, -0.15) is 0 Å². The van der Waals surface area contributed by atoms with Gasteiger partial charge in [0.15, 0.2) is 6.61 Å². The molecule has 0 aromatic heterocycles. The van der Waals surface area contributed by atoms with Crippen molar-refractivity contribution in [1.82, 2.24) is 4.90 Å². The lowest BCUT2D eigenvalue weighted by Gasteiger charge is -2.46. The molecule has 2 rings (SSSR count). The van der Waals surface area contributed by atoms with Crippen LogP contribution in [0.1, 0.15) is 27.7 Å². The normalized spacial score (nSPS) is 17.6. The van der Waals surface area contributed by atoms with Crippen LogP contribution in [-0.4, -0.2) is 61.0 Å². The van der Waals surface area contributed by atoms with E-state index >= 15 is 0 Å². The monoisotopic (exact) mass is 398 g/mol. The largest absolute Gasteiger partial charge is 0.480 e. The van der Waals surface area contributed by atoms with Crippen molar-refractivity contribution in [2.75, 3.05) is 37.7 Å². The Bertz CT molecular complexity index is 689. The number of nitrogens with zero attached hydrogens (tertiary/aromatic N) is 2. The molecule has 0 aliphatic carbocycles. The summed E-state index contributed by atoms with van der Waals surface area (Å²) in [4.78, 5) is 26.8. The number of amides is 1. The summed E-state index contributed by atoms with van der Waals surface area (Å²) < 4.78 is 10.5. The lowest BCUT2D eigenvalue weighted by molar-refractivity contribution is -0.145. The molecule has 1 aromatic rings. The number of benzene rings is 1. The first-order chi connectivity index (χ1) is 12.6. The van der Waals surface area contributed by atoms with Crippen molar-refractivity contribution in [2.45, 2.75) is 33.7 Å². The van der Waals surface area contributed by atoms with Crippen LogP contribution < -0.4 is 9.64 Å². The Kier molecular flexibility index (Phi) is 6.81. The lowest BCUT2D eigenvalue weighted by atomic mass is 9.84. The SMILES string of the molecule is CCOC(=O)COc1ccc(Cl)cc1N1CCN(C(=O)O)C(C(C)(C)C)C1. The molecule has 1 fully saturated rings. The number of carboxylic acid groups (broad SMARTS) is 1. The zero-order valence-corrected chi connectivity index (χ0v) is 17.0. The van der Waals surface area contributed by atoms with Gasteiger partial charge in [0.05, 0.1) is 18.3 Å². The Morgan fingerprint density at radius 2 is 2.00 bits per heavy atom. The summed E-state index contributed by atoms with van der Waals surface area (Å²) in [7, 11) is 0.